The van der Waals surface area contributed by atoms with Gasteiger partial charge in [0.25, 0.3) is 0 Å². The van der Waals surface area contributed by atoms with E-state index in [9.17, 15) is 0 Å². The van der Waals surface area contributed by atoms with Crippen molar-refractivity contribution in [1.29, 1.82) is 0 Å². The molecule has 0 amide bonds. The lowest BCUT2D eigenvalue weighted by Gasteiger charge is -2.24. The molecule has 2 aliphatic carbocycles. The molecule has 2 bridgehead atoms. The van der Waals surface area contributed by atoms with Gasteiger partial charge in [0.15, 0.2) is 0 Å². The molecule has 0 spiro atoms. The second kappa shape index (κ2) is 5.14. The van der Waals surface area contributed by atoms with Crippen LogP contribution in [0.5, 0.6) is 0 Å². The van der Waals surface area contributed by atoms with Gasteiger partial charge in [-0.2, -0.15) is 0 Å². The first-order chi connectivity index (χ1) is 8.31. The number of halogens is 1. The third-order valence-electron chi connectivity index (χ3n) is 4.74. The molecule has 1 aromatic carbocycles. The molecule has 0 heterocycles. The van der Waals surface area contributed by atoms with E-state index in [0.29, 0.717) is 4.83 Å². The van der Waals surface area contributed by atoms with E-state index < -0.39 is 0 Å². The minimum Gasteiger partial charge on any atom is -0.0887 e. The van der Waals surface area contributed by atoms with Crippen LogP contribution in [0.15, 0.2) is 30.3 Å². The topological polar surface area (TPSA) is 0 Å². The van der Waals surface area contributed by atoms with Crippen LogP contribution in [0, 0.1) is 17.8 Å². The van der Waals surface area contributed by atoms with E-state index in [0.717, 1.165) is 17.8 Å². The van der Waals surface area contributed by atoms with Crippen molar-refractivity contribution in [3.8, 4) is 0 Å². The molecule has 2 fully saturated rings. The molecule has 4 atom stereocenters. The minimum absolute atomic E-state index is 0.675. The Morgan fingerprint density at radius 3 is 2.59 bits per heavy atom. The highest BCUT2D eigenvalue weighted by Gasteiger charge is 2.39. The van der Waals surface area contributed by atoms with E-state index in [1.165, 1.54) is 44.1 Å². The molecule has 0 nitrogen and oxygen atoms in total. The Morgan fingerprint density at radius 1 is 1.12 bits per heavy atom. The molecule has 1 heteroatoms. The van der Waals surface area contributed by atoms with Gasteiger partial charge in [-0.3, -0.25) is 0 Å². The predicted molar refractivity (Wildman–Crippen MR) is 76.4 cm³/mol. The average molecular weight is 293 g/mol. The van der Waals surface area contributed by atoms with E-state index >= 15 is 0 Å². The molecule has 4 unspecified atom stereocenters. The Hall–Kier alpha value is -0.300. The monoisotopic (exact) mass is 292 g/mol. The number of hydrogen-bond donors (Lipinski definition) is 0. The largest absolute Gasteiger partial charge is 0.0887 e. The maximum Gasteiger partial charge on any atom is 0.0188 e. The van der Waals surface area contributed by atoms with Gasteiger partial charge >= 0.3 is 0 Å². The second-order valence-electron chi connectivity index (χ2n) is 5.96. The number of alkyl halides is 1. The molecule has 92 valence electrons. The van der Waals surface area contributed by atoms with E-state index in [-0.39, 0.29) is 0 Å². The van der Waals surface area contributed by atoms with Gasteiger partial charge in [-0.25, -0.2) is 0 Å². The lowest BCUT2D eigenvalue weighted by atomic mass is 9.85. The summed E-state index contributed by atoms with van der Waals surface area (Å²) >= 11 is 3.90. The normalized spacial score (nSPS) is 32.9. The van der Waals surface area contributed by atoms with Crippen LogP contribution in [0.4, 0.5) is 0 Å². The van der Waals surface area contributed by atoms with E-state index in [2.05, 4.69) is 46.3 Å². The summed E-state index contributed by atoms with van der Waals surface area (Å²) in [6.07, 6.45) is 8.66. The Balaban J connectivity index is 1.52. The highest BCUT2D eigenvalue weighted by Crippen LogP contribution is 2.50. The van der Waals surface area contributed by atoms with Gasteiger partial charge in [-0.05, 0) is 55.4 Å². The maximum absolute atomic E-state index is 3.90. The van der Waals surface area contributed by atoms with Crippen LogP contribution in [0.1, 0.15) is 37.7 Å². The molecule has 2 aliphatic rings. The van der Waals surface area contributed by atoms with Gasteiger partial charge in [0.1, 0.15) is 0 Å². The van der Waals surface area contributed by atoms with E-state index in [1.54, 1.807) is 0 Å². The van der Waals surface area contributed by atoms with Crippen LogP contribution < -0.4 is 0 Å². The Morgan fingerprint density at radius 2 is 1.94 bits per heavy atom. The second-order valence-corrected chi connectivity index (χ2v) is 7.25. The number of hydrogen-bond acceptors (Lipinski definition) is 0. The van der Waals surface area contributed by atoms with E-state index in [4.69, 9.17) is 0 Å². The molecule has 0 N–H and O–H groups in total. The molecule has 0 radical (unpaired) electrons. The van der Waals surface area contributed by atoms with Gasteiger partial charge in [0.05, 0.1) is 0 Å². The number of fused-ring (bicyclic) bond motifs is 2. The van der Waals surface area contributed by atoms with Crippen molar-refractivity contribution < 1.29 is 0 Å². The van der Waals surface area contributed by atoms with Gasteiger partial charge < -0.3 is 0 Å². The van der Waals surface area contributed by atoms with Crippen LogP contribution in [-0.2, 0) is 6.42 Å². The quantitative estimate of drug-likeness (QED) is 0.698. The third kappa shape index (κ3) is 2.76. The summed E-state index contributed by atoms with van der Waals surface area (Å²) in [7, 11) is 0. The van der Waals surface area contributed by atoms with Crippen LogP contribution in [0.25, 0.3) is 0 Å². The SMILES string of the molecule is BrC(Cc1ccccc1)CC1CC2CCC1C2. The Kier molecular flexibility index (Phi) is 3.56. The molecule has 0 saturated heterocycles. The smallest absolute Gasteiger partial charge is 0.0188 e. The van der Waals surface area contributed by atoms with Crippen molar-refractivity contribution >= 4 is 15.9 Å². The fourth-order valence-corrected chi connectivity index (χ4v) is 4.80. The molecular formula is C16H21Br. The highest BCUT2D eigenvalue weighted by molar-refractivity contribution is 9.09. The Bertz CT molecular complexity index is 359. The first kappa shape index (κ1) is 11.8. The lowest BCUT2D eigenvalue weighted by molar-refractivity contribution is 0.313. The minimum atomic E-state index is 0.675. The molecule has 2 saturated carbocycles. The van der Waals surface area contributed by atoms with Gasteiger partial charge in [0.2, 0.25) is 0 Å². The van der Waals surface area contributed by atoms with Crippen molar-refractivity contribution in [2.24, 2.45) is 17.8 Å². The van der Waals surface area contributed by atoms with E-state index in [1.807, 2.05) is 0 Å². The van der Waals surface area contributed by atoms with Gasteiger partial charge in [0, 0.05) is 4.83 Å². The molecule has 3 rings (SSSR count). The first-order valence-electron chi connectivity index (χ1n) is 6.99. The van der Waals surface area contributed by atoms with Crippen molar-refractivity contribution in [3.05, 3.63) is 35.9 Å². The zero-order chi connectivity index (χ0) is 11.7. The molecule has 0 aliphatic heterocycles. The molecular weight excluding hydrogens is 272 g/mol. The summed E-state index contributed by atoms with van der Waals surface area (Å²) in [6, 6.07) is 10.9. The van der Waals surface area contributed by atoms with Crippen molar-refractivity contribution in [2.45, 2.75) is 43.4 Å². The average Bonchev–Trinajstić information content (AvgIpc) is 2.92. The predicted octanol–water partition coefficient (Wildman–Crippen LogP) is 4.82. The first-order valence-corrected chi connectivity index (χ1v) is 7.91. The van der Waals surface area contributed by atoms with Crippen molar-refractivity contribution in [3.63, 3.8) is 0 Å². The van der Waals surface area contributed by atoms with Crippen LogP contribution in [0.3, 0.4) is 0 Å². The summed E-state index contributed by atoms with van der Waals surface area (Å²) in [5, 5.41) is 0. The zero-order valence-corrected chi connectivity index (χ0v) is 11.9. The highest BCUT2D eigenvalue weighted by atomic mass is 79.9. The van der Waals surface area contributed by atoms with Crippen LogP contribution in [0.2, 0.25) is 0 Å². The molecule has 17 heavy (non-hydrogen) atoms. The van der Waals surface area contributed by atoms with Gasteiger partial charge in [-0.1, -0.05) is 52.7 Å². The summed E-state index contributed by atoms with van der Waals surface area (Å²) in [5.74, 6) is 3.17. The number of benzene rings is 1. The van der Waals surface area contributed by atoms with Crippen LogP contribution >= 0.6 is 15.9 Å². The molecule has 0 aromatic heterocycles. The summed E-state index contributed by atoms with van der Waals surface area (Å²) < 4.78 is 0. The lowest BCUT2D eigenvalue weighted by Crippen LogP contribution is -2.16. The van der Waals surface area contributed by atoms with Gasteiger partial charge in [-0.15, -0.1) is 0 Å². The standard InChI is InChI=1S/C16H21Br/c17-16(10-12-4-2-1-3-5-12)11-15-9-13-6-7-14(15)8-13/h1-5,13-16H,6-11H2. The summed E-state index contributed by atoms with van der Waals surface area (Å²) in [4.78, 5) is 0.675. The fraction of sp³-hybridized carbons (Fsp3) is 0.625. The fourth-order valence-electron chi connectivity index (χ4n) is 3.95. The maximum atomic E-state index is 3.90. The zero-order valence-electron chi connectivity index (χ0n) is 10.3. The van der Waals surface area contributed by atoms with Crippen LogP contribution in [-0.4, -0.2) is 4.83 Å². The Labute approximate surface area is 113 Å². The van der Waals surface area contributed by atoms with Crippen molar-refractivity contribution in [1.82, 2.24) is 0 Å². The van der Waals surface area contributed by atoms with Crippen molar-refractivity contribution in [2.75, 3.05) is 0 Å². The summed E-state index contributed by atoms with van der Waals surface area (Å²) in [5.41, 5.74) is 1.47. The number of rotatable bonds is 4. The third-order valence-corrected chi connectivity index (χ3v) is 5.44. The molecule has 1 aromatic rings. The summed E-state index contributed by atoms with van der Waals surface area (Å²) in [6.45, 7) is 0.